The standard InChI is InChI=1S/C18H26.C12H25NO/c1-18-11-4-7-17(18)16-9-8-13-5-2-3-6-14(13)15(16)10-12-18;1-2-3-4-5-6-7-8-9-10-11-12(13)14/h5,16-17H,2-4,6-12H2,1H3;2-11H2,1H3,(H2,13,14)/t16-,17+,18+;/m1./s1. The number of hydrogen-bond donors (Lipinski definition) is 1. The van der Waals surface area contributed by atoms with Crippen LogP contribution in [0.5, 0.6) is 0 Å². The molecule has 2 nitrogen and oxygen atoms in total. The Morgan fingerprint density at radius 1 is 0.938 bits per heavy atom. The van der Waals surface area contributed by atoms with Crippen LogP contribution in [-0.4, -0.2) is 5.91 Å². The van der Waals surface area contributed by atoms with Gasteiger partial charge in [0.25, 0.3) is 0 Å². The third-order valence-corrected chi connectivity index (χ3v) is 9.11. The van der Waals surface area contributed by atoms with Gasteiger partial charge in [-0.15, -0.1) is 0 Å². The van der Waals surface area contributed by atoms with E-state index in [1.807, 2.05) is 11.1 Å². The van der Waals surface area contributed by atoms with Crippen molar-refractivity contribution in [3.63, 3.8) is 0 Å². The molecule has 1 amide bonds. The molecule has 2 N–H and O–H groups in total. The van der Waals surface area contributed by atoms with E-state index >= 15 is 0 Å². The van der Waals surface area contributed by atoms with E-state index in [0.717, 1.165) is 24.7 Å². The van der Waals surface area contributed by atoms with Gasteiger partial charge in [-0.25, -0.2) is 0 Å². The molecule has 0 spiro atoms. The predicted molar refractivity (Wildman–Crippen MR) is 137 cm³/mol. The molecule has 182 valence electrons. The minimum absolute atomic E-state index is 0.159. The van der Waals surface area contributed by atoms with Gasteiger partial charge >= 0.3 is 0 Å². The second-order valence-corrected chi connectivity index (χ2v) is 11.5. The molecule has 0 radical (unpaired) electrons. The number of primary amides is 1. The molecule has 0 saturated heterocycles. The van der Waals surface area contributed by atoms with Crippen molar-refractivity contribution in [3.8, 4) is 0 Å². The lowest BCUT2D eigenvalue weighted by molar-refractivity contribution is -0.118. The molecule has 2 saturated carbocycles. The monoisotopic (exact) mass is 441 g/mol. The van der Waals surface area contributed by atoms with E-state index in [4.69, 9.17) is 5.73 Å². The first kappa shape index (κ1) is 25.6. The lowest BCUT2D eigenvalue weighted by Crippen LogP contribution is -2.36. The highest BCUT2D eigenvalue weighted by molar-refractivity contribution is 5.73. The number of fused-ring (bicyclic) bond motifs is 4. The highest BCUT2D eigenvalue weighted by Crippen LogP contribution is 2.59. The van der Waals surface area contributed by atoms with Crippen LogP contribution in [-0.2, 0) is 4.79 Å². The molecule has 0 heterocycles. The molecule has 0 aromatic carbocycles. The summed E-state index contributed by atoms with van der Waals surface area (Å²) in [4.78, 5) is 10.4. The zero-order valence-electron chi connectivity index (χ0n) is 21.4. The minimum atomic E-state index is -0.159. The number of hydrogen-bond acceptors (Lipinski definition) is 1. The summed E-state index contributed by atoms with van der Waals surface area (Å²) in [5.41, 5.74) is 11.3. The first-order valence-corrected chi connectivity index (χ1v) is 14.2. The Balaban J connectivity index is 0.000000189. The smallest absolute Gasteiger partial charge is 0.217 e. The molecule has 3 atom stereocenters. The van der Waals surface area contributed by atoms with E-state index in [1.165, 1.54) is 109 Å². The Bertz CT molecular complexity index is 660. The Hall–Kier alpha value is -1.05. The van der Waals surface area contributed by atoms with E-state index in [2.05, 4.69) is 19.9 Å². The minimum Gasteiger partial charge on any atom is -0.370 e. The number of carbonyl (C=O) groups is 1. The summed E-state index contributed by atoms with van der Waals surface area (Å²) in [5.74, 6) is 1.86. The fraction of sp³-hybridized carbons (Fsp3) is 0.833. The summed E-state index contributed by atoms with van der Waals surface area (Å²) in [6.45, 7) is 4.84. The lowest BCUT2D eigenvalue weighted by atomic mass is 9.58. The van der Waals surface area contributed by atoms with E-state index in [-0.39, 0.29) is 5.91 Å². The van der Waals surface area contributed by atoms with Gasteiger partial charge in [-0.05, 0) is 92.6 Å². The largest absolute Gasteiger partial charge is 0.370 e. The van der Waals surface area contributed by atoms with Gasteiger partial charge in [-0.3, -0.25) is 4.79 Å². The highest BCUT2D eigenvalue weighted by Gasteiger charge is 2.48. The summed E-state index contributed by atoms with van der Waals surface area (Å²) in [5, 5.41) is 0. The van der Waals surface area contributed by atoms with Crippen LogP contribution in [0.3, 0.4) is 0 Å². The third kappa shape index (κ3) is 6.97. The normalized spacial score (nSPS) is 28.8. The maximum absolute atomic E-state index is 10.4. The maximum Gasteiger partial charge on any atom is 0.217 e. The number of rotatable bonds is 10. The van der Waals surface area contributed by atoms with Gasteiger partial charge in [0.1, 0.15) is 0 Å². The van der Waals surface area contributed by atoms with E-state index < -0.39 is 0 Å². The molecule has 0 unspecified atom stereocenters. The van der Waals surface area contributed by atoms with Crippen LogP contribution in [0.4, 0.5) is 0 Å². The van der Waals surface area contributed by atoms with Crippen LogP contribution in [0.15, 0.2) is 22.8 Å². The van der Waals surface area contributed by atoms with Crippen molar-refractivity contribution < 1.29 is 4.79 Å². The number of unbranched alkanes of at least 4 members (excludes halogenated alkanes) is 8. The molecular formula is C30H51NO. The van der Waals surface area contributed by atoms with E-state index in [9.17, 15) is 4.79 Å². The topological polar surface area (TPSA) is 43.1 Å². The molecule has 2 heteroatoms. The van der Waals surface area contributed by atoms with Gasteiger partial charge in [-0.1, -0.05) is 83.3 Å². The average molecular weight is 442 g/mol. The van der Waals surface area contributed by atoms with E-state index in [1.54, 1.807) is 5.57 Å². The summed E-state index contributed by atoms with van der Waals surface area (Å²) in [6.07, 6.45) is 29.2. The quantitative estimate of drug-likeness (QED) is 0.338. The van der Waals surface area contributed by atoms with Crippen molar-refractivity contribution in [3.05, 3.63) is 22.8 Å². The van der Waals surface area contributed by atoms with Gasteiger partial charge in [0.15, 0.2) is 0 Å². The van der Waals surface area contributed by atoms with Gasteiger partial charge < -0.3 is 5.73 Å². The summed E-state index contributed by atoms with van der Waals surface area (Å²) in [7, 11) is 0. The molecule has 4 aliphatic carbocycles. The summed E-state index contributed by atoms with van der Waals surface area (Å²) < 4.78 is 0. The van der Waals surface area contributed by atoms with Crippen LogP contribution in [0, 0.1) is 17.3 Å². The molecule has 32 heavy (non-hydrogen) atoms. The van der Waals surface area contributed by atoms with Crippen LogP contribution < -0.4 is 5.73 Å². The number of carbonyl (C=O) groups excluding carboxylic acids is 1. The Kier molecular flexibility index (Phi) is 10.4. The Morgan fingerprint density at radius 3 is 2.38 bits per heavy atom. The fourth-order valence-corrected chi connectivity index (χ4v) is 7.24. The lowest BCUT2D eigenvalue weighted by Gasteiger charge is -2.47. The zero-order chi connectivity index (χ0) is 22.8. The van der Waals surface area contributed by atoms with Crippen LogP contribution in [0.1, 0.15) is 142 Å². The van der Waals surface area contributed by atoms with Crippen molar-refractivity contribution in [2.45, 2.75) is 142 Å². The highest BCUT2D eigenvalue weighted by atomic mass is 16.1. The molecule has 0 bridgehead atoms. The van der Waals surface area contributed by atoms with Crippen LogP contribution in [0.2, 0.25) is 0 Å². The van der Waals surface area contributed by atoms with Crippen molar-refractivity contribution >= 4 is 5.91 Å². The number of allylic oxidation sites excluding steroid dienone is 4. The average Bonchev–Trinajstić information content (AvgIpc) is 3.20. The fourth-order valence-electron chi connectivity index (χ4n) is 7.24. The molecule has 4 aliphatic rings. The van der Waals surface area contributed by atoms with Gasteiger partial charge in [0, 0.05) is 6.42 Å². The van der Waals surface area contributed by atoms with Gasteiger partial charge in [-0.2, -0.15) is 0 Å². The maximum atomic E-state index is 10.4. The summed E-state index contributed by atoms with van der Waals surface area (Å²) in [6, 6.07) is 0. The molecular weight excluding hydrogens is 390 g/mol. The molecule has 4 rings (SSSR count). The van der Waals surface area contributed by atoms with Crippen molar-refractivity contribution in [2.24, 2.45) is 23.0 Å². The third-order valence-electron chi connectivity index (χ3n) is 9.11. The number of nitrogens with two attached hydrogens (primary N) is 1. The van der Waals surface area contributed by atoms with Crippen molar-refractivity contribution in [1.29, 1.82) is 0 Å². The van der Waals surface area contributed by atoms with Crippen LogP contribution >= 0.6 is 0 Å². The molecule has 0 aromatic rings. The zero-order valence-corrected chi connectivity index (χ0v) is 21.4. The van der Waals surface area contributed by atoms with Gasteiger partial charge in [0.2, 0.25) is 5.91 Å². The number of amides is 1. The van der Waals surface area contributed by atoms with Crippen LogP contribution in [0.25, 0.3) is 0 Å². The second kappa shape index (κ2) is 13.0. The van der Waals surface area contributed by atoms with E-state index in [0.29, 0.717) is 11.8 Å². The molecule has 0 aliphatic heterocycles. The SMILES string of the molecule is CCCCCCCCCCCC(N)=O.C[C@@]12CCC[C@H]1[C@@H]1CCC3=CCCCC3=C1CC2. The predicted octanol–water partition coefficient (Wildman–Crippen LogP) is 8.80. The molecule has 0 aromatic heterocycles. The molecule has 2 fully saturated rings. The second-order valence-electron chi connectivity index (χ2n) is 11.5. The van der Waals surface area contributed by atoms with Crippen molar-refractivity contribution in [1.82, 2.24) is 0 Å². The Labute approximate surface area is 198 Å². The van der Waals surface area contributed by atoms with Crippen molar-refractivity contribution in [2.75, 3.05) is 0 Å². The Morgan fingerprint density at radius 2 is 1.66 bits per heavy atom. The first-order chi connectivity index (χ1) is 15.5. The first-order valence-electron chi connectivity index (χ1n) is 14.2. The summed E-state index contributed by atoms with van der Waals surface area (Å²) >= 11 is 0. The van der Waals surface area contributed by atoms with Gasteiger partial charge in [0.05, 0.1) is 0 Å².